The van der Waals surface area contributed by atoms with Crippen LogP contribution in [0.3, 0.4) is 0 Å². The maximum atomic E-state index is 10.8. The van der Waals surface area contributed by atoms with Gasteiger partial charge in [-0.05, 0) is 24.9 Å². The lowest BCUT2D eigenvalue weighted by Gasteiger charge is -2.29. The fraction of sp³-hybridized carbons (Fsp3) is 0.423. The molecule has 3 aromatic rings. The molecule has 1 aliphatic rings. The Hall–Kier alpha value is -2.67. The molecule has 0 spiro atoms. The highest BCUT2D eigenvalue weighted by Gasteiger charge is 2.26. The lowest BCUT2D eigenvalue weighted by Crippen LogP contribution is -2.38. The quantitative estimate of drug-likeness (QED) is 0.520. The van der Waals surface area contributed by atoms with Gasteiger partial charge in [-0.1, -0.05) is 72.7 Å². The molecule has 0 amide bonds. The summed E-state index contributed by atoms with van der Waals surface area (Å²) in [4.78, 5) is 4.54. The molecular formula is C26H33N3O3. The molecule has 0 bridgehead atoms. The molecule has 1 aliphatic heterocycles. The molecule has 0 aliphatic carbocycles. The second kappa shape index (κ2) is 11.3. The zero-order chi connectivity index (χ0) is 22.2. The zero-order valence-electron chi connectivity index (χ0n) is 18.8. The number of ether oxygens (including phenoxy) is 1. The third-order valence-electron chi connectivity index (χ3n) is 5.82. The van der Waals surface area contributed by atoms with Gasteiger partial charge in [0.1, 0.15) is 5.69 Å². The second-order valence-corrected chi connectivity index (χ2v) is 8.36. The Morgan fingerprint density at radius 1 is 1.03 bits per heavy atom. The molecular weight excluding hydrogens is 402 g/mol. The Balaban J connectivity index is 1.56. The summed E-state index contributed by atoms with van der Waals surface area (Å²) in [6, 6.07) is 20.4. The molecule has 0 radical (unpaired) electrons. The van der Waals surface area contributed by atoms with E-state index in [1.54, 1.807) is 0 Å². The molecule has 6 heteroatoms. The summed E-state index contributed by atoms with van der Waals surface area (Å²) < 4.78 is 11.4. The summed E-state index contributed by atoms with van der Waals surface area (Å²) in [5.41, 5.74) is 4.16. The van der Waals surface area contributed by atoms with E-state index in [2.05, 4.69) is 46.1 Å². The number of aliphatic hydroxyl groups excluding tert-OH is 1. The first kappa shape index (κ1) is 22.5. The smallest absolute Gasteiger partial charge is 0.232 e. The van der Waals surface area contributed by atoms with E-state index in [9.17, 15) is 5.11 Å². The Morgan fingerprint density at radius 2 is 1.72 bits per heavy atom. The van der Waals surface area contributed by atoms with Crippen LogP contribution in [0.25, 0.3) is 11.3 Å². The molecule has 0 saturated carbocycles. The predicted octanol–water partition coefficient (Wildman–Crippen LogP) is 3.99. The van der Waals surface area contributed by atoms with Crippen molar-refractivity contribution in [2.24, 2.45) is 0 Å². The highest BCUT2D eigenvalue weighted by Crippen LogP contribution is 2.33. The fourth-order valence-corrected chi connectivity index (χ4v) is 4.30. The zero-order valence-corrected chi connectivity index (χ0v) is 18.8. The standard InChI is InChI=1S/C26H33N3O3/c1-2-13-28(19-23(30)18-21-9-5-3-6-10-21)20-24-25(22-11-7-4-8-12-22)27-32-26(24)29-14-16-31-17-15-29/h3-12,23,30H,2,13-20H2,1H3. The lowest BCUT2D eigenvalue weighted by molar-refractivity contribution is 0.108. The molecule has 1 unspecified atom stereocenters. The molecule has 1 aromatic heterocycles. The van der Waals surface area contributed by atoms with Gasteiger partial charge in [-0.25, -0.2) is 0 Å². The number of morpholine rings is 1. The molecule has 1 atom stereocenters. The van der Waals surface area contributed by atoms with Crippen LogP contribution in [0.2, 0.25) is 0 Å². The van der Waals surface area contributed by atoms with Crippen LogP contribution < -0.4 is 4.90 Å². The van der Waals surface area contributed by atoms with Gasteiger partial charge in [0, 0.05) is 31.7 Å². The third-order valence-corrected chi connectivity index (χ3v) is 5.82. The van der Waals surface area contributed by atoms with Gasteiger partial charge < -0.3 is 19.3 Å². The van der Waals surface area contributed by atoms with E-state index in [4.69, 9.17) is 9.26 Å². The Morgan fingerprint density at radius 3 is 2.41 bits per heavy atom. The molecule has 6 nitrogen and oxygen atoms in total. The van der Waals surface area contributed by atoms with Crippen molar-refractivity contribution in [3.63, 3.8) is 0 Å². The Bertz CT molecular complexity index is 939. The minimum Gasteiger partial charge on any atom is -0.391 e. The van der Waals surface area contributed by atoms with Gasteiger partial charge in [0.25, 0.3) is 0 Å². The van der Waals surface area contributed by atoms with Crippen molar-refractivity contribution < 1.29 is 14.4 Å². The number of rotatable bonds is 10. The van der Waals surface area contributed by atoms with Crippen LogP contribution in [0.1, 0.15) is 24.5 Å². The van der Waals surface area contributed by atoms with E-state index in [-0.39, 0.29) is 0 Å². The molecule has 2 heterocycles. The molecule has 170 valence electrons. The largest absolute Gasteiger partial charge is 0.391 e. The van der Waals surface area contributed by atoms with Crippen molar-refractivity contribution in [3.8, 4) is 11.3 Å². The average Bonchev–Trinajstić information content (AvgIpc) is 3.24. The number of aromatic nitrogens is 1. The number of aliphatic hydroxyl groups is 1. The first-order valence-electron chi connectivity index (χ1n) is 11.6. The van der Waals surface area contributed by atoms with Crippen LogP contribution in [-0.4, -0.2) is 60.7 Å². The number of hydrogen-bond acceptors (Lipinski definition) is 6. The fourth-order valence-electron chi connectivity index (χ4n) is 4.30. The third kappa shape index (κ3) is 5.76. The van der Waals surface area contributed by atoms with Gasteiger partial charge in [-0.2, -0.15) is 0 Å². The monoisotopic (exact) mass is 435 g/mol. The van der Waals surface area contributed by atoms with Gasteiger partial charge in [-0.3, -0.25) is 4.90 Å². The minimum absolute atomic E-state index is 0.434. The van der Waals surface area contributed by atoms with Crippen LogP contribution in [0.15, 0.2) is 65.2 Å². The van der Waals surface area contributed by atoms with Crippen LogP contribution in [0.5, 0.6) is 0 Å². The summed E-state index contributed by atoms with van der Waals surface area (Å²) in [6.07, 6.45) is 1.22. The highest BCUT2D eigenvalue weighted by atomic mass is 16.5. The van der Waals surface area contributed by atoms with E-state index >= 15 is 0 Å². The predicted molar refractivity (Wildman–Crippen MR) is 127 cm³/mol. The van der Waals surface area contributed by atoms with E-state index < -0.39 is 6.10 Å². The van der Waals surface area contributed by atoms with Crippen molar-refractivity contribution >= 4 is 5.88 Å². The topological polar surface area (TPSA) is 62.0 Å². The van der Waals surface area contributed by atoms with Crippen molar-refractivity contribution in [1.82, 2.24) is 10.1 Å². The highest BCUT2D eigenvalue weighted by molar-refractivity contribution is 5.68. The average molecular weight is 436 g/mol. The summed E-state index contributed by atoms with van der Waals surface area (Å²) in [5, 5.41) is 15.3. The summed E-state index contributed by atoms with van der Waals surface area (Å²) in [5.74, 6) is 0.825. The van der Waals surface area contributed by atoms with Crippen molar-refractivity contribution in [3.05, 3.63) is 71.8 Å². The van der Waals surface area contributed by atoms with Crippen molar-refractivity contribution in [2.45, 2.75) is 32.4 Å². The van der Waals surface area contributed by atoms with E-state index in [0.717, 1.165) is 54.3 Å². The first-order chi connectivity index (χ1) is 15.7. The van der Waals surface area contributed by atoms with Crippen LogP contribution >= 0.6 is 0 Å². The minimum atomic E-state index is -0.434. The van der Waals surface area contributed by atoms with Gasteiger partial charge in [0.15, 0.2) is 0 Å². The number of anilines is 1. The summed E-state index contributed by atoms with van der Waals surface area (Å²) >= 11 is 0. The molecule has 1 saturated heterocycles. The van der Waals surface area contributed by atoms with Crippen molar-refractivity contribution in [2.75, 3.05) is 44.3 Å². The maximum Gasteiger partial charge on any atom is 0.232 e. The molecule has 1 N–H and O–H groups in total. The van der Waals surface area contributed by atoms with Crippen LogP contribution in [-0.2, 0) is 17.7 Å². The SMILES string of the molecule is CCCN(Cc1c(-c2ccccc2)noc1N1CCOCC1)CC(O)Cc1ccccc1. The molecule has 4 rings (SSSR count). The van der Waals surface area contributed by atoms with Crippen molar-refractivity contribution in [1.29, 1.82) is 0 Å². The summed E-state index contributed by atoms with van der Waals surface area (Å²) in [6.45, 7) is 7.32. The second-order valence-electron chi connectivity index (χ2n) is 8.36. The van der Waals surface area contributed by atoms with Gasteiger partial charge in [-0.15, -0.1) is 0 Å². The lowest BCUT2D eigenvalue weighted by atomic mass is 10.1. The number of benzene rings is 2. The first-order valence-corrected chi connectivity index (χ1v) is 11.6. The molecule has 2 aromatic carbocycles. The van der Waals surface area contributed by atoms with E-state index in [1.165, 1.54) is 0 Å². The van der Waals surface area contributed by atoms with Gasteiger partial charge in [0.2, 0.25) is 5.88 Å². The molecule has 32 heavy (non-hydrogen) atoms. The van der Waals surface area contributed by atoms with E-state index in [0.29, 0.717) is 32.7 Å². The maximum absolute atomic E-state index is 10.8. The Labute approximate surface area is 190 Å². The number of nitrogens with zero attached hydrogens (tertiary/aromatic N) is 3. The van der Waals surface area contributed by atoms with Crippen LogP contribution in [0, 0.1) is 0 Å². The normalized spacial score (nSPS) is 15.3. The summed E-state index contributed by atoms with van der Waals surface area (Å²) in [7, 11) is 0. The number of hydrogen-bond donors (Lipinski definition) is 1. The van der Waals surface area contributed by atoms with Gasteiger partial charge in [0.05, 0.1) is 24.9 Å². The molecule has 1 fully saturated rings. The van der Waals surface area contributed by atoms with E-state index in [1.807, 2.05) is 36.4 Å². The van der Waals surface area contributed by atoms with Gasteiger partial charge >= 0.3 is 0 Å². The van der Waals surface area contributed by atoms with Crippen LogP contribution in [0.4, 0.5) is 5.88 Å². The Kier molecular flexibility index (Phi) is 7.93.